The summed E-state index contributed by atoms with van der Waals surface area (Å²) in [6.07, 6.45) is 3.37. The highest BCUT2D eigenvalue weighted by molar-refractivity contribution is 6.30. The number of rotatable bonds is 6. The Hall–Kier alpha value is -3.12. The lowest BCUT2D eigenvalue weighted by Gasteiger charge is -2.34. The van der Waals surface area contributed by atoms with Crippen LogP contribution in [-0.4, -0.2) is 47.3 Å². The lowest BCUT2D eigenvalue weighted by atomic mass is 9.83. The first-order valence-electron chi connectivity index (χ1n) is 12.2. The van der Waals surface area contributed by atoms with Crippen LogP contribution in [0.3, 0.4) is 0 Å². The predicted molar refractivity (Wildman–Crippen MR) is 135 cm³/mol. The average Bonchev–Trinajstić information content (AvgIpc) is 2.87. The molecular weight excluding hydrogens is 464 g/mol. The van der Waals surface area contributed by atoms with Crippen molar-refractivity contribution in [3.63, 3.8) is 0 Å². The van der Waals surface area contributed by atoms with Crippen LogP contribution in [0.15, 0.2) is 59.8 Å². The average molecular weight is 495 g/mol. The highest BCUT2D eigenvalue weighted by Crippen LogP contribution is 2.38. The van der Waals surface area contributed by atoms with E-state index in [1.165, 1.54) is 0 Å². The molecule has 2 amide bonds. The minimum absolute atomic E-state index is 0.0267. The number of hydrogen-bond acceptors (Lipinski definition) is 4. The molecule has 35 heavy (non-hydrogen) atoms. The fourth-order valence-corrected chi connectivity index (χ4v) is 5.05. The van der Waals surface area contributed by atoms with Gasteiger partial charge >= 0.3 is 5.97 Å². The van der Waals surface area contributed by atoms with Crippen LogP contribution in [0, 0.1) is 0 Å². The third kappa shape index (κ3) is 5.59. The third-order valence-electron chi connectivity index (χ3n) is 6.75. The molecule has 2 heterocycles. The summed E-state index contributed by atoms with van der Waals surface area (Å²) >= 11 is 6.05. The molecular formula is C28H31ClN2O4. The number of ether oxygens (including phenoxy) is 1. The van der Waals surface area contributed by atoms with Crippen molar-refractivity contribution < 1.29 is 19.1 Å². The van der Waals surface area contributed by atoms with Crippen molar-refractivity contribution in [2.45, 2.75) is 52.0 Å². The van der Waals surface area contributed by atoms with E-state index in [0.717, 1.165) is 43.5 Å². The van der Waals surface area contributed by atoms with Gasteiger partial charge in [-0.1, -0.05) is 35.9 Å². The molecule has 0 aliphatic carbocycles. The van der Waals surface area contributed by atoms with E-state index in [4.69, 9.17) is 16.3 Å². The van der Waals surface area contributed by atoms with E-state index in [9.17, 15) is 14.4 Å². The number of likely N-dealkylation sites (tertiary alicyclic amines) is 1. The summed E-state index contributed by atoms with van der Waals surface area (Å²) in [5.41, 5.74) is 3.37. The Morgan fingerprint density at radius 3 is 2.46 bits per heavy atom. The molecule has 2 aliphatic heterocycles. The smallest absolute Gasteiger partial charge is 0.336 e. The molecule has 0 unspecified atom stereocenters. The highest BCUT2D eigenvalue weighted by atomic mass is 35.5. The second kappa shape index (κ2) is 11.1. The van der Waals surface area contributed by atoms with Crippen molar-refractivity contribution in [2.24, 2.45) is 0 Å². The van der Waals surface area contributed by atoms with Crippen LogP contribution >= 0.6 is 11.6 Å². The van der Waals surface area contributed by atoms with Gasteiger partial charge in [0.2, 0.25) is 5.91 Å². The second-order valence-electron chi connectivity index (χ2n) is 9.06. The van der Waals surface area contributed by atoms with Crippen molar-refractivity contribution in [3.8, 4) is 0 Å². The molecule has 2 aliphatic rings. The molecule has 0 spiro atoms. The minimum atomic E-state index is -0.420. The van der Waals surface area contributed by atoms with Crippen LogP contribution < -0.4 is 0 Å². The Bertz CT molecular complexity index is 1140. The number of carbonyl (C=O) groups is 3. The topological polar surface area (TPSA) is 66.9 Å². The van der Waals surface area contributed by atoms with Gasteiger partial charge in [-0.2, -0.15) is 0 Å². The number of halogens is 1. The van der Waals surface area contributed by atoms with Crippen molar-refractivity contribution in [3.05, 3.63) is 81.5 Å². The zero-order valence-electron chi connectivity index (χ0n) is 20.3. The number of allylic oxidation sites excluding steroid dienone is 1. The molecule has 7 heteroatoms. The number of piperidine rings is 1. The van der Waals surface area contributed by atoms with E-state index in [2.05, 4.69) is 0 Å². The summed E-state index contributed by atoms with van der Waals surface area (Å²) in [6.45, 7) is 5.64. The van der Waals surface area contributed by atoms with Crippen molar-refractivity contribution in [2.75, 3.05) is 19.7 Å². The number of nitrogens with zero attached hydrogens (tertiary/aromatic N) is 2. The first kappa shape index (κ1) is 25.0. The highest BCUT2D eigenvalue weighted by Gasteiger charge is 2.37. The molecule has 184 valence electrons. The van der Waals surface area contributed by atoms with Crippen LogP contribution in [0.25, 0.3) is 0 Å². The molecule has 6 nitrogen and oxygen atoms in total. The summed E-state index contributed by atoms with van der Waals surface area (Å²) in [7, 11) is 0. The normalized spacial score (nSPS) is 18.6. The number of hydrogen-bond donors (Lipinski definition) is 0. The fourth-order valence-electron chi connectivity index (χ4n) is 4.92. The number of esters is 1. The monoisotopic (exact) mass is 494 g/mol. The van der Waals surface area contributed by atoms with Crippen LogP contribution in [0.4, 0.5) is 0 Å². The third-order valence-corrected chi connectivity index (χ3v) is 7.00. The van der Waals surface area contributed by atoms with Crippen LogP contribution in [0.2, 0.25) is 5.02 Å². The van der Waals surface area contributed by atoms with Gasteiger partial charge in [0, 0.05) is 41.7 Å². The largest absolute Gasteiger partial charge is 0.463 e. The van der Waals surface area contributed by atoms with Crippen LogP contribution in [0.1, 0.15) is 66.9 Å². The SMILES string of the molecule is CCOC(=O)C1=C(C)N(Cc2cccc(C(=O)N3CCCCC3)c2)C(=O)C[C@H]1c1ccc(Cl)cc1. The quantitative estimate of drug-likeness (QED) is 0.510. The molecule has 0 bridgehead atoms. The molecule has 4 rings (SSSR count). The van der Waals surface area contributed by atoms with E-state index in [0.29, 0.717) is 21.9 Å². The molecule has 0 N–H and O–H groups in total. The van der Waals surface area contributed by atoms with Gasteiger partial charge in [0.1, 0.15) is 0 Å². The van der Waals surface area contributed by atoms with Crippen molar-refractivity contribution in [1.29, 1.82) is 0 Å². The van der Waals surface area contributed by atoms with Gasteiger partial charge in [-0.15, -0.1) is 0 Å². The Kier molecular flexibility index (Phi) is 7.91. The van der Waals surface area contributed by atoms with E-state index in [1.807, 2.05) is 41.3 Å². The van der Waals surface area contributed by atoms with Gasteiger partial charge in [-0.05, 0) is 68.5 Å². The lowest BCUT2D eigenvalue weighted by molar-refractivity contribution is -0.140. The molecule has 2 aromatic rings. The fraction of sp³-hybridized carbons (Fsp3) is 0.393. The Balaban J connectivity index is 1.63. The Labute approximate surface area is 211 Å². The van der Waals surface area contributed by atoms with Crippen molar-refractivity contribution in [1.82, 2.24) is 9.80 Å². The van der Waals surface area contributed by atoms with Crippen LogP contribution in [0.5, 0.6) is 0 Å². The van der Waals surface area contributed by atoms with Crippen LogP contribution in [-0.2, 0) is 20.9 Å². The number of benzene rings is 2. The minimum Gasteiger partial charge on any atom is -0.463 e. The van der Waals surface area contributed by atoms with E-state index < -0.39 is 11.9 Å². The van der Waals surface area contributed by atoms with E-state index in [1.54, 1.807) is 30.9 Å². The summed E-state index contributed by atoms with van der Waals surface area (Å²) in [4.78, 5) is 42.8. The first-order valence-corrected chi connectivity index (χ1v) is 12.6. The maximum absolute atomic E-state index is 13.3. The van der Waals surface area contributed by atoms with Gasteiger partial charge in [0.25, 0.3) is 5.91 Å². The standard InChI is InChI=1S/C28H31ClN2O4/c1-3-35-28(34)26-19(2)31(25(32)17-24(26)21-10-12-23(29)13-11-21)18-20-8-7-9-22(16-20)27(33)30-14-5-4-6-15-30/h7-13,16,24H,3-6,14-15,17-18H2,1-2H3/t24-/m0/s1. The molecule has 2 aromatic carbocycles. The number of carbonyl (C=O) groups excluding carboxylic acids is 3. The molecule has 1 fully saturated rings. The predicted octanol–water partition coefficient (Wildman–Crippen LogP) is 5.32. The Morgan fingerprint density at radius 1 is 1.06 bits per heavy atom. The van der Waals surface area contributed by atoms with Gasteiger partial charge in [-0.3, -0.25) is 9.59 Å². The van der Waals surface area contributed by atoms with Gasteiger partial charge in [-0.25, -0.2) is 4.79 Å². The van der Waals surface area contributed by atoms with Crippen molar-refractivity contribution >= 4 is 29.4 Å². The second-order valence-corrected chi connectivity index (χ2v) is 9.50. The van der Waals surface area contributed by atoms with Gasteiger partial charge < -0.3 is 14.5 Å². The summed E-state index contributed by atoms with van der Waals surface area (Å²) in [6, 6.07) is 14.6. The molecule has 1 atom stereocenters. The lowest BCUT2D eigenvalue weighted by Crippen LogP contribution is -2.38. The first-order chi connectivity index (χ1) is 16.9. The molecule has 0 saturated carbocycles. The zero-order valence-corrected chi connectivity index (χ0v) is 21.0. The van der Waals surface area contributed by atoms with E-state index >= 15 is 0 Å². The maximum atomic E-state index is 13.3. The maximum Gasteiger partial charge on any atom is 0.336 e. The summed E-state index contributed by atoms with van der Waals surface area (Å²) < 4.78 is 5.37. The van der Waals surface area contributed by atoms with Gasteiger partial charge in [0.05, 0.1) is 18.7 Å². The number of amides is 2. The zero-order chi connectivity index (χ0) is 24.9. The summed E-state index contributed by atoms with van der Waals surface area (Å²) in [5, 5.41) is 0.592. The molecule has 1 saturated heterocycles. The van der Waals surface area contributed by atoms with E-state index in [-0.39, 0.29) is 31.4 Å². The molecule has 0 radical (unpaired) electrons. The van der Waals surface area contributed by atoms with Gasteiger partial charge in [0.15, 0.2) is 0 Å². The summed E-state index contributed by atoms with van der Waals surface area (Å²) in [5.74, 6) is -0.874. The molecule has 0 aromatic heterocycles. The Morgan fingerprint density at radius 2 is 1.77 bits per heavy atom.